The summed E-state index contributed by atoms with van der Waals surface area (Å²) < 4.78 is 69.0. The van der Waals surface area contributed by atoms with E-state index in [0.29, 0.717) is 13.1 Å². The van der Waals surface area contributed by atoms with Gasteiger partial charge in [0, 0.05) is 24.2 Å². The first-order valence-corrected chi connectivity index (χ1v) is 14.8. The molecule has 0 aliphatic carbocycles. The van der Waals surface area contributed by atoms with E-state index >= 15 is 0 Å². The van der Waals surface area contributed by atoms with Crippen LogP contribution >= 0.6 is 23.2 Å². The van der Waals surface area contributed by atoms with Crippen LogP contribution in [0.1, 0.15) is 36.5 Å². The Morgan fingerprint density at radius 1 is 1.15 bits per heavy atom. The van der Waals surface area contributed by atoms with Crippen molar-refractivity contribution in [3.63, 3.8) is 0 Å². The lowest BCUT2D eigenvalue weighted by Crippen LogP contribution is -2.44. The number of likely N-dealkylation sites (tertiary alicyclic amines) is 1. The van der Waals surface area contributed by atoms with Gasteiger partial charge in [-0.2, -0.15) is 13.2 Å². The lowest BCUT2D eigenvalue weighted by molar-refractivity contribution is -0.138. The summed E-state index contributed by atoms with van der Waals surface area (Å²) in [6.45, 7) is 2.43. The van der Waals surface area contributed by atoms with Crippen molar-refractivity contribution in [2.75, 3.05) is 32.9 Å². The molecule has 1 atom stereocenters. The fourth-order valence-electron chi connectivity index (χ4n) is 4.96. The maximum atomic E-state index is 14.3. The van der Waals surface area contributed by atoms with Gasteiger partial charge in [-0.05, 0) is 68.9 Å². The summed E-state index contributed by atoms with van der Waals surface area (Å²) in [5, 5.41) is -0.263. The van der Waals surface area contributed by atoms with Crippen molar-refractivity contribution in [2.45, 2.75) is 50.0 Å². The summed E-state index contributed by atoms with van der Waals surface area (Å²) in [5.41, 5.74) is -1.68. The van der Waals surface area contributed by atoms with Crippen LogP contribution in [0.25, 0.3) is 10.9 Å². The Kier molecular flexibility index (Phi) is 8.68. The SMILES string of the molecule is CCS(=O)(=O)c1ccc(Cl)cc1Cn1cnc2c(Cl)c(CN3CCC[C@@H](N(C)C)C3)c(C(F)(F)F)cc2c1=O. The van der Waals surface area contributed by atoms with Crippen LogP contribution in [-0.4, -0.2) is 66.7 Å². The number of aromatic nitrogens is 2. The van der Waals surface area contributed by atoms with Crippen molar-refractivity contribution in [3.05, 3.63) is 67.7 Å². The molecule has 0 amide bonds. The number of hydrogen-bond acceptors (Lipinski definition) is 6. The Morgan fingerprint density at radius 3 is 2.51 bits per heavy atom. The number of alkyl halides is 3. The lowest BCUT2D eigenvalue weighted by atomic mass is 10.00. The molecule has 4 rings (SSSR count). The van der Waals surface area contributed by atoms with Crippen molar-refractivity contribution in [1.29, 1.82) is 0 Å². The molecule has 0 radical (unpaired) electrons. The van der Waals surface area contributed by atoms with Crippen LogP contribution in [0.3, 0.4) is 0 Å². The van der Waals surface area contributed by atoms with Crippen LogP contribution in [-0.2, 0) is 29.1 Å². The standard InChI is InChI=1S/C26H29Cl2F3N4O3S/c1-4-39(37,38)22-8-7-17(27)10-16(22)12-35-15-32-24-19(25(35)36)11-21(26(29,30)31)20(23(24)28)14-34-9-5-6-18(13-34)33(2)3/h7-8,10-11,15,18H,4-6,9,12-14H2,1-3H3/t18-/m1/s1. The lowest BCUT2D eigenvalue weighted by Gasteiger charge is -2.36. The van der Waals surface area contributed by atoms with Gasteiger partial charge in [0.25, 0.3) is 5.56 Å². The molecule has 1 aromatic heterocycles. The second kappa shape index (κ2) is 11.4. The highest BCUT2D eigenvalue weighted by Gasteiger charge is 2.37. The van der Waals surface area contributed by atoms with Crippen LogP contribution in [0.4, 0.5) is 13.2 Å². The average molecular weight is 606 g/mol. The Labute approximate surface area is 235 Å². The molecule has 2 heterocycles. The first-order chi connectivity index (χ1) is 18.2. The first kappa shape index (κ1) is 29.8. The van der Waals surface area contributed by atoms with Crippen LogP contribution in [0.2, 0.25) is 10.0 Å². The molecule has 212 valence electrons. The summed E-state index contributed by atoms with van der Waals surface area (Å²) in [5.74, 6) is -0.174. The van der Waals surface area contributed by atoms with Crippen molar-refractivity contribution >= 4 is 43.9 Å². The van der Waals surface area contributed by atoms with Gasteiger partial charge in [0.05, 0.1) is 45.0 Å². The number of fused-ring (bicyclic) bond motifs is 1. The minimum Gasteiger partial charge on any atom is -0.305 e. The van der Waals surface area contributed by atoms with Crippen LogP contribution in [0.15, 0.2) is 40.3 Å². The normalized spacial score (nSPS) is 17.3. The van der Waals surface area contributed by atoms with E-state index in [1.54, 1.807) is 0 Å². The third-order valence-corrected chi connectivity index (χ3v) is 9.61. The van der Waals surface area contributed by atoms with Crippen LogP contribution < -0.4 is 5.56 Å². The average Bonchev–Trinajstić information content (AvgIpc) is 2.86. The van der Waals surface area contributed by atoms with Crippen LogP contribution in [0.5, 0.6) is 0 Å². The van der Waals surface area contributed by atoms with Gasteiger partial charge < -0.3 is 4.90 Å². The fraction of sp³-hybridized carbons (Fsp3) is 0.462. The zero-order chi connectivity index (χ0) is 28.7. The molecule has 1 aliphatic heterocycles. The largest absolute Gasteiger partial charge is 0.416 e. The predicted molar refractivity (Wildman–Crippen MR) is 146 cm³/mol. The van der Waals surface area contributed by atoms with Gasteiger partial charge in [-0.15, -0.1) is 0 Å². The molecule has 1 fully saturated rings. The zero-order valence-corrected chi connectivity index (χ0v) is 24.1. The molecule has 13 heteroatoms. The van der Waals surface area contributed by atoms with E-state index in [-0.39, 0.29) is 61.9 Å². The van der Waals surface area contributed by atoms with E-state index in [2.05, 4.69) is 9.88 Å². The maximum absolute atomic E-state index is 14.3. The maximum Gasteiger partial charge on any atom is 0.416 e. The topological polar surface area (TPSA) is 75.5 Å². The third-order valence-electron chi connectivity index (χ3n) is 7.14. The molecule has 0 N–H and O–H groups in total. The number of hydrogen-bond donors (Lipinski definition) is 0. The van der Waals surface area contributed by atoms with Gasteiger partial charge >= 0.3 is 6.18 Å². The molecule has 39 heavy (non-hydrogen) atoms. The number of rotatable bonds is 7. The Balaban J connectivity index is 1.81. The molecule has 0 saturated carbocycles. The zero-order valence-electron chi connectivity index (χ0n) is 21.7. The quantitative estimate of drug-likeness (QED) is 0.374. The van der Waals surface area contributed by atoms with Crippen LogP contribution in [0, 0.1) is 0 Å². The van der Waals surface area contributed by atoms with Crippen molar-refractivity contribution < 1.29 is 21.6 Å². The van der Waals surface area contributed by atoms with E-state index in [1.807, 2.05) is 19.0 Å². The van der Waals surface area contributed by atoms with E-state index in [0.717, 1.165) is 23.5 Å². The number of halogens is 5. The molecule has 1 aliphatic rings. The molecular formula is C26H29Cl2F3N4O3S. The predicted octanol–water partition coefficient (Wildman–Crippen LogP) is 5.09. The summed E-state index contributed by atoms with van der Waals surface area (Å²) in [6, 6.07) is 5.21. The molecule has 7 nitrogen and oxygen atoms in total. The number of benzene rings is 2. The van der Waals surface area contributed by atoms with Gasteiger partial charge in [0.1, 0.15) is 0 Å². The Morgan fingerprint density at radius 2 is 1.87 bits per heavy atom. The molecule has 1 saturated heterocycles. The highest BCUT2D eigenvalue weighted by molar-refractivity contribution is 7.91. The number of likely N-dealkylation sites (N-methyl/N-ethyl adjacent to an activating group) is 1. The summed E-state index contributed by atoms with van der Waals surface area (Å²) in [4.78, 5) is 21.6. The summed E-state index contributed by atoms with van der Waals surface area (Å²) in [7, 11) is 0.228. The van der Waals surface area contributed by atoms with Gasteiger partial charge in [-0.3, -0.25) is 14.3 Å². The van der Waals surface area contributed by atoms with Crippen molar-refractivity contribution in [3.8, 4) is 0 Å². The highest BCUT2D eigenvalue weighted by atomic mass is 35.5. The van der Waals surface area contributed by atoms with Crippen molar-refractivity contribution in [2.24, 2.45) is 0 Å². The molecular weight excluding hydrogens is 576 g/mol. The molecule has 0 bridgehead atoms. The second-order valence-corrected chi connectivity index (χ2v) is 13.0. The van der Waals surface area contributed by atoms with E-state index < -0.39 is 27.1 Å². The minimum atomic E-state index is -4.76. The van der Waals surface area contributed by atoms with Gasteiger partial charge in [0.2, 0.25) is 0 Å². The number of sulfone groups is 1. The molecule has 3 aromatic rings. The minimum absolute atomic E-state index is 0.0108. The first-order valence-electron chi connectivity index (χ1n) is 12.4. The molecule has 0 unspecified atom stereocenters. The molecule has 2 aromatic carbocycles. The van der Waals surface area contributed by atoms with E-state index in [9.17, 15) is 26.4 Å². The Hall–Kier alpha value is -2.18. The van der Waals surface area contributed by atoms with Crippen molar-refractivity contribution in [1.82, 2.24) is 19.4 Å². The summed E-state index contributed by atoms with van der Waals surface area (Å²) in [6.07, 6.45) is -1.79. The van der Waals surface area contributed by atoms with E-state index in [1.165, 1.54) is 31.5 Å². The highest BCUT2D eigenvalue weighted by Crippen LogP contribution is 2.39. The Bertz CT molecular complexity index is 1560. The fourth-order valence-corrected chi connectivity index (χ4v) is 6.57. The molecule has 0 spiro atoms. The van der Waals surface area contributed by atoms with Gasteiger partial charge in [0.15, 0.2) is 9.84 Å². The third kappa shape index (κ3) is 6.27. The van der Waals surface area contributed by atoms with Gasteiger partial charge in [-0.25, -0.2) is 13.4 Å². The van der Waals surface area contributed by atoms with E-state index in [4.69, 9.17) is 23.2 Å². The number of piperidine rings is 1. The van der Waals surface area contributed by atoms with Gasteiger partial charge in [-0.1, -0.05) is 30.1 Å². The monoisotopic (exact) mass is 604 g/mol. The summed E-state index contributed by atoms with van der Waals surface area (Å²) >= 11 is 12.6. The second-order valence-electron chi connectivity index (χ2n) is 9.94. The smallest absolute Gasteiger partial charge is 0.305 e. The number of nitrogens with zero attached hydrogens (tertiary/aromatic N) is 4.